The molecule has 0 saturated heterocycles. The van der Waals surface area contributed by atoms with Crippen molar-refractivity contribution in [3.63, 3.8) is 0 Å². The Morgan fingerprint density at radius 2 is 2.06 bits per heavy atom. The van der Waals surface area contributed by atoms with Gasteiger partial charge in [-0.05, 0) is 37.6 Å². The zero-order valence-electron chi connectivity index (χ0n) is 10.6. The smallest absolute Gasteiger partial charge is 0.0931 e. The fraction of sp³-hybridized carbons (Fsp3) is 0.692. The van der Waals surface area contributed by atoms with Gasteiger partial charge in [-0.2, -0.15) is 0 Å². The predicted molar refractivity (Wildman–Crippen MR) is 74.7 cm³/mol. The molecule has 1 aromatic rings. The summed E-state index contributed by atoms with van der Waals surface area (Å²) in [4.78, 5) is 1.38. The van der Waals surface area contributed by atoms with Gasteiger partial charge in [-0.15, -0.1) is 11.3 Å². The molecule has 0 saturated carbocycles. The molecule has 0 radical (unpaired) electrons. The Bertz CT molecular complexity index is 317. The topological polar surface area (TPSA) is 12.0 Å². The van der Waals surface area contributed by atoms with Crippen LogP contribution in [0.1, 0.15) is 39.0 Å². The average Bonchev–Trinajstić information content (AvgIpc) is 2.60. The van der Waals surface area contributed by atoms with Gasteiger partial charge in [0.25, 0.3) is 0 Å². The lowest BCUT2D eigenvalue weighted by Crippen LogP contribution is -2.27. The van der Waals surface area contributed by atoms with Crippen LogP contribution in [0.5, 0.6) is 0 Å². The van der Waals surface area contributed by atoms with E-state index in [4.69, 9.17) is 11.6 Å². The van der Waals surface area contributed by atoms with Crippen LogP contribution in [0.3, 0.4) is 0 Å². The highest BCUT2D eigenvalue weighted by Gasteiger charge is 2.21. The van der Waals surface area contributed by atoms with E-state index in [0.717, 1.165) is 29.8 Å². The Morgan fingerprint density at radius 3 is 2.56 bits per heavy atom. The minimum Gasteiger partial charge on any atom is -0.316 e. The van der Waals surface area contributed by atoms with Gasteiger partial charge in [0.1, 0.15) is 0 Å². The van der Waals surface area contributed by atoms with Crippen molar-refractivity contribution in [2.45, 2.75) is 39.5 Å². The van der Waals surface area contributed by atoms with Gasteiger partial charge in [0.15, 0.2) is 0 Å². The number of thiophene rings is 1. The molecule has 0 fully saturated rings. The number of nitrogens with one attached hydrogen (secondary N) is 1. The fourth-order valence-electron chi connectivity index (χ4n) is 1.59. The molecule has 0 spiro atoms. The summed E-state index contributed by atoms with van der Waals surface area (Å²) in [5, 5.41) is 3.49. The molecule has 0 aliphatic rings. The fourth-order valence-corrected chi connectivity index (χ4v) is 2.77. The van der Waals surface area contributed by atoms with Crippen molar-refractivity contribution in [1.29, 1.82) is 0 Å². The van der Waals surface area contributed by atoms with Gasteiger partial charge < -0.3 is 5.32 Å². The lowest BCUT2D eigenvalue weighted by atomic mass is 9.87. The first kappa shape index (κ1) is 14.0. The molecule has 0 amide bonds. The van der Waals surface area contributed by atoms with Gasteiger partial charge in [-0.25, -0.2) is 0 Å². The lowest BCUT2D eigenvalue weighted by molar-refractivity contribution is 0.448. The molecule has 0 aromatic carbocycles. The first-order valence-electron chi connectivity index (χ1n) is 5.88. The summed E-state index contributed by atoms with van der Waals surface area (Å²) in [6.07, 6.45) is 1.15. The van der Waals surface area contributed by atoms with Crippen LogP contribution in [-0.4, -0.2) is 13.1 Å². The SMILES string of the molecule is CC(C)CNCCC(C)(C)c1ccc(Cl)s1. The van der Waals surface area contributed by atoms with Gasteiger partial charge in [0, 0.05) is 10.3 Å². The van der Waals surface area contributed by atoms with Crippen molar-refractivity contribution in [2.75, 3.05) is 13.1 Å². The van der Waals surface area contributed by atoms with Crippen LogP contribution in [0, 0.1) is 5.92 Å². The van der Waals surface area contributed by atoms with E-state index >= 15 is 0 Å². The normalized spacial score (nSPS) is 12.4. The van der Waals surface area contributed by atoms with E-state index in [0.29, 0.717) is 0 Å². The summed E-state index contributed by atoms with van der Waals surface area (Å²) in [6, 6.07) is 4.14. The minimum absolute atomic E-state index is 0.224. The molecule has 1 rings (SSSR count). The van der Waals surface area contributed by atoms with E-state index in [1.807, 2.05) is 6.07 Å². The first-order chi connectivity index (χ1) is 7.42. The zero-order chi connectivity index (χ0) is 12.2. The van der Waals surface area contributed by atoms with Crippen LogP contribution in [0.2, 0.25) is 4.34 Å². The molecule has 0 aliphatic carbocycles. The maximum Gasteiger partial charge on any atom is 0.0931 e. The Hall–Kier alpha value is -0.0500. The van der Waals surface area contributed by atoms with Gasteiger partial charge in [-0.1, -0.05) is 39.3 Å². The summed E-state index contributed by atoms with van der Waals surface area (Å²) in [6.45, 7) is 11.2. The van der Waals surface area contributed by atoms with Gasteiger partial charge in [0.05, 0.1) is 4.34 Å². The molecule has 0 bridgehead atoms. The molecular formula is C13H22ClNS. The summed E-state index contributed by atoms with van der Waals surface area (Å²) < 4.78 is 0.887. The van der Waals surface area contributed by atoms with Crippen LogP contribution in [0.4, 0.5) is 0 Å². The van der Waals surface area contributed by atoms with E-state index < -0.39 is 0 Å². The maximum atomic E-state index is 5.97. The van der Waals surface area contributed by atoms with Crippen molar-refractivity contribution in [1.82, 2.24) is 5.32 Å². The van der Waals surface area contributed by atoms with E-state index in [2.05, 4.69) is 39.1 Å². The molecule has 0 aliphatic heterocycles. The highest BCUT2D eigenvalue weighted by atomic mass is 35.5. The molecule has 1 N–H and O–H groups in total. The first-order valence-corrected chi connectivity index (χ1v) is 7.08. The van der Waals surface area contributed by atoms with Gasteiger partial charge in [-0.3, -0.25) is 0 Å². The third kappa shape index (κ3) is 4.44. The third-order valence-electron chi connectivity index (χ3n) is 2.72. The molecular weight excluding hydrogens is 238 g/mol. The van der Waals surface area contributed by atoms with E-state index in [1.165, 1.54) is 4.88 Å². The van der Waals surface area contributed by atoms with Gasteiger partial charge in [0.2, 0.25) is 0 Å². The van der Waals surface area contributed by atoms with E-state index in [-0.39, 0.29) is 5.41 Å². The standard InChI is InChI=1S/C13H22ClNS/c1-10(2)9-15-8-7-13(3,4)11-5-6-12(14)16-11/h5-6,10,15H,7-9H2,1-4H3. The maximum absolute atomic E-state index is 5.97. The highest BCUT2D eigenvalue weighted by molar-refractivity contribution is 7.16. The Balaban J connectivity index is 2.40. The number of hydrogen-bond donors (Lipinski definition) is 1. The summed E-state index contributed by atoms with van der Waals surface area (Å²) in [5.41, 5.74) is 0.224. The number of halogens is 1. The van der Waals surface area contributed by atoms with Crippen molar-refractivity contribution in [3.8, 4) is 0 Å². The second-order valence-corrected chi connectivity index (χ2v) is 7.05. The molecule has 1 aromatic heterocycles. The monoisotopic (exact) mass is 259 g/mol. The highest BCUT2D eigenvalue weighted by Crippen LogP contribution is 2.34. The van der Waals surface area contributed by atoms with Crippen LogP contribution in [-0.2, 0) is 5.41 Å². The van der Waals surface area contributed by atoms with Crippen LogP contribution in [0.15, 0.2) is 12.1 Å². The van der Waals surface area contributed by atoms with Crippen LogP contribution in [0.25, 0.3) is 0 Å². The third-order valence-corrected chi connectivity index (χ3v) is 4.32. The zero-order valence-corrected chi connectivity index (χ0v) is 12.2. The minimum atomic E-state index is 0.224. The second kappa shape index (κ2) is 6.04. The summed E-state index contributed by atoms with van der Waals surface area (Å²) >= 11 is 7.67. The average molecular weight is 260 g/mol. The van der Waals surface area contributed by atoms with Crippen LogP contribution >= 0.6 is 22.9 Å². The predicted octanol–water partition coefficient (Wildman–Crippen LogP) is 4.31. The van der Waals surface area contributed by atoms with Crippen LogP contribution < -0.4 is 5.32 Å². The Kier molecular flexibility index (Phi) is 5.29. The molecule has 92 valence electrons. The largest absolute Gasteiger partial charge is 0.316 e. The number of rotatable bonds is 6. The quantitative estimate of drug-likeness (QED) is 0.751. The molecule has 0 atom stereocenters. The Morgan fingerprint density at radius 1 is 1.38 bits per heavy atom. The van der Waals surface area contributed by atoms with Crippen molar-refractivity contribution < 1.29 is 0 Å². The van der Waals surface area contributed by atoms with E-state index in [1.54, 1.807) is 11.3 Å². The molecule has 3 heteroatoms. The summed E-state index contributed by atoms with van der Waals surface area (Å²) in [7, 11) is 0. The van der Waals surface area contributed by atoms with Gasteiger partial charge >= 0.3 is 0 Å². The van der Waals surface area contributed by atoms with Crippen molar-refractivity contribution in [3.05, 3.63) is 21.3 Å². The van der Waals surface area contributed by atoms with Crippen molar-refractivity contribution in [2.24, 2.45) is 5.92 Å². The molecule has 1 heterocycles. The number of hydrogen-bond acceptors (Lipinski definition) is 2. The summed E-state index contributed by atoms with van der Waals surface area (Å²) in [5.74, 6) is 0.722. The molecule has 0 unspecified atom stereocenters. The lowest BCUT2D eigenvalue weighted by Gasteiger charge is -2.23. The molecule has 16 heavy (non-hydrogen) atoms. The second-order valence-electron chi connectivity index (χ2n) is 5.34. The van der Waals surface area contributed by atoms with Crippen molar-refractivity contribution >= 4 is 22.9 Å². The van der Waals surface area contributed by atoms with E-state index in [9.17, 15) is 0 Å². The Labute approximate surface area is 108 Å². The molecule has 1 nitrogen and oxygen atoms in total.